The highest BCUT2D eigenvalue weighted by atomic mass is 16.3. The van der Waals surface area contributed by atoms with Crippen LogP contribution in [0.15, 0.2) is 28.7 Å². The van der Waals surface area contributed by atoms with Crippen LogP contribution in [0.25, 0.3) is 22.6 Å². The standard InChI is InChI=1S/C15H18N4O/c1-4-16-15-18-17-14(19(15)5-2)13-9-11-8-10(3)6-7-12(11)20-13/h6-9H,4-5H2,1-3H3,(H,16,18). The molecular weight excluding hydrogens is 252 g/mol. The Morgan fingerprint density at radius 3 is 2.80 bits per heavy atom. The molecule has 0 fully saturated rings. The van der Waals surface area contributed by atoms with Gasteiger partial charge in [-0.1, -0.05) is 11.6 Å². The molecule has 0 aliphatic carbocycles. The first kappa shape index (κ1) is 12.7. The van der Waals surface area contributed by atoms with E-state index in [4.69, 9.17) is 4.42 Å². The van der Waals surface area contributed by atoms with Crippen molar-refractivity contribution < 1.29 is 4.42 Å². The highest BCUT2D eigenvalue weighted by molar-refractivity contribution is 5.82. The number of hydrogen-bond donors (Lipinski definition) is 1. The average Bonchev–Trinajstić information content (AvgIpc) is 3.01. The van der Waals surface area contributed by atoms with Gasteiger partial charge < -0.3 is 9.73 Å². The number of nitrogens with one attached hydrogen (secondary N) is 1. The zero-order chi connectivity index (χ0) is 14.1. The van der Waals surface area contributed by atoms with Crippen LogP contribution in [0, 0.1) is 6.92 Å². The Balaban J connectivity index is 2.10. The van der Waals surface area contributed by atoms with Crippen molar-refractivity contribution in [3.63, 3.8) is 0 Å². The lowest BCUT2D eigenvalue weighted by Gasteiger charge is -2.05. The highest BCUT2D eigenvalue weighted by Crippen LogP contribution is 2.28. The third-order valence-electron chi connectivity index (χ3n) is 3.29. The molecular formula is C15H18N4O. The lowest BCUT2D eigenvalue weighted by Crippen LogP contribution is -2.06. The predicted molar refractivity (Wildman–Crippen MR) is 79.8 cm³/mol. The van der Waals surface area contributed by atoms with E-state index < -0.39 is 0 Å². The van der Waals surface area contributed by atoms with E-state index >= 15 is 0 Å². The molecule has 0 radical (unpaired) electrons. The van der Waals surface area contributed by atoms with Gasteiger partial charge in [-0.2, -0.15) is 0 Å². The van der Waals surface area contributed by atoms with Crippen LogP contribution in [0.4, 0.5) is 5.95 Å². The molecule has 1 aromatic carbocycles. The van der Waals surface area contributed by atoms with E-state index in [0.29, 0.717) is 0 Å². The van der Waals surface area contributed by atoms with E-state index in [0.717, 1.165) is 41.6 Å². The molecule has 0 saturated carbocycles. The summed E-state index contributed by atoms with van der Waals surface area (Å²) in [5, 5.41) is 12.7. The van der Waals surface area contributed by atoms with E-state index in [1.165, 1.54) is 5.56 Å². The summed E-state index contributed by atoms with van der Waals surface area (Å²) in [6.07, 6.45) is 0. The van der Waals surface area contributed by atoms with Gasteiger partial charge >= 0.3 is 0 Å². The number of hydrogen-bond acceptors (Lipinski definition) is 4. The summed E-state index contributed by atoms with van der Waals surface area (Å²) >= 11 is 0. The summed E-state index contributed by atoms with van der Waals surface area (Å²) in [4.78, 5) is 0. The molecule has 20 heavy (non-hydrogen) atoms. The van der Waals surface area contributed by atoms with Crippen molar-refractivity contribution in [2.24, 2.45) is 0 Å². The van der Waals surface area contributed by atoms with Crippen molar-refractivity contribution in [2.75, 3.05) is 11.9 Å². The van der Waals surface area contributed by atoms with Crippen LogP contribution in [-0.2, 0) is 6.54 Å². The van der Waals surface area contributed by atoms with Gasteiger partial charge in [0.1, 0.15) is 5.58 Å². The average molecular weight is 270 g/mol. The van der Waals surface area contributed by atoms with Crippen LogP contribution < -0.4 is 5.32 Å². The molecule has 0 unspecified atom stereocenters. The van der Waals surface area contributed by atoms with E-state index in [1.54, 1.807) is 0 Å². The number of aryl methyl sites for hydroxylation is 1. The maximum atomic E-state index is 5.89. The van der Waals surface area contributed by atoms with Crippen molar-refractivity contribution in [2.45, 2.75) is 27.3 Å². The number of furan rings is 1. The molecule has 2 heterocycles. The summed E-state index contributed by atoms with van der Waals surface area (Å²) < 4.78 is 7.91. The Kier molecular flexibility index (Phi) is 3.18. The maximum absolute atomic E-state index is 5.89. The molecule has 0 aliphatic heterocycles. The first-order chi connectivity index (χ1) is 9.72. The Morgan fingerprint density at radius 2 is 2.05 bits per heavy atom. The third kappa shape index (κ3) is 2.05. The lowest BCUT2D eigenvalue weighted by atomic mass is 10.2. The second-order valence-electron chi connectivity index (χ2n) is 4.77. The molecule has 0 atom stereocenters. The minimum atomic E-state index is 0.754. The molecule has 0 bridgehead atoms. The highest BCUT2D eigenvalue weighted by Gasteiger charge is 2.16. The smallest absolute Gasteiger partial charge is 0.224 e. The fourth-order valence-corrected chi connectivity index (χ4v) is 2.35. The van der Waals surface area contributed by atoms with Crippen molar-refractivity contribution in [1.82, 2.24) is 14.8 Å². The molecule has 3 rings (SSSR count). The molecule has 1 N–H and O–H groups in total. The van der Waals surface area contributed by atoms with E-state index in [9.17, 15) is 0 Å². The quantitative estimate of drug-likeness (QED) is 0.789. The maximum Gasteiger partial charge on any atom is 0.224 e. The fraction of sp³-hybridized carbons (Fsp3) is 0.333. The van der Waals surface area contributed by atoms with Crippen molar-refractivity contribution >= 4 is 16.9 Å². The van der Waals surface area contributed by atoms with E-state index in [1.807, 2.05) is 29.7 Å². The minimum Gasteiger partial charge on any atom is -0.453 e. The number of fused-ring (bicyclic) bond motifs is 1. The third-order valence-corrected chi connectivity index (χ3v) is 3.29. The van der Waals surface area contributed by atoms with Gasteiger partial charge in [-0.3, -0.25) is 4.57 Å². The fourth-order valence-electron chi connectivity index (χ4n) is 2.35. The van der Waals surface area contributed by atoms with Crippen LogP contribution in [0.3, 0.4) is 0 Å². The van der Waals surface area contributed by atoms with E-state index in [-0.39, 0.29) is 0 Å². The van der Waals surface area contributed by atoms with Gasteiger partial charge in [0.15, 0.2) is 5.76 Å². The minimum absolute atomic E-state index is 0.754. The van der Waals surface area contributed by atoms with Gasteiger partial charge in [0.25, 0.3) is 0 Å². The normalized spacial score (nSPS) is 11.2. The second kappa shape index (κ2) is 5.00. The topological polar surface area (TPSA) is 55.9 Å². The Hall–Kier alpha value is -2.30. The van der Waals surface area contributed by atoms with Crippen LogP contribution in [0.2, 0.25) is 0 Å². The van der Waals surface area contributed by atoms with Crippen LogP contribution >= 0.6 is 0 Å². The summed E-state index contributed by atoms with van der Waals surface area (Å²) in [6, 6.07) is 8.17. The summed E-state index contributed by atoms with van der Waals surface area (Å²) in [6.45, 7) is 7.79. The van der Waals surface area contributed by atoms with Crippen molar-refractivity contribution in [3.8, 4) is 11.6 Å². The molecule has 5 nitrogen and oxygen atoms in total. The monoisotopic (exact) mass is 270 g/mol. The molecule has 3 aromatic rings. The van der Waals surface area contributed by atoms with Gasteiger partial charge in [0.2, 0.25) is 11.8 Å². The van der Waals surface area contributed by atoms with Gasteiger partial charge in [0.05, 0.1) is 0 Å². The molecule has 0 aliphatic rings. The molecule has 0 spiro atoms. The van der Waals surface area contributed by atoms with E-state index in [2.05, 4.69) is 35.4 Å². The first-order valence-electron chi connectivity index (χ1n) is 6.90. The van der Waals surface area contributed by atoms with Gasteiger partial charge in [0, 0.05) is 18.5 Å². The van der Waals surface area contributed by atoms with Crippen molar-refractivity contribution in [3.05, 3.63) is 29.8 Å². The number of rotatable bonds is 4. The molecule has 0 amide bonds. The molecule has 104 valence electrons. The lowest BCUT2D eigenvalue weighted by molar-refractivity contribution is 0.615. The van der Waals surface area contributed by atoms with Gasteiger partial charge in [-0.25, -0.2) is 0 Å². The van der Waals surface area contributed by atoms with Crippen LogP contribution in [0.1, 0.15) is 19.4 Å². The number of nitrogens with zero attached hydrogens (tertiary/aromatic N) is 3. The first-order valence-corrected chi connectivity index (χ1v) is 6.90. The van der Waals surface area contributed by atoms with Gasteiger partial charge in [-0.15, -0.1) is 10.2 Å². The molecule has 2 aromatic heterocycles. The summed E-state index contributed by atoms with van der Waals surface area (Å²) in [5.74, 6) is 2.29. The van der Waals surface area contributed by atoms with Crippen LogP contribution in [0.5, 0.6) is 0 Å². The number of anilines is 1. The Bertz CT molecular complexity index is 741. The Morgan fingerprint density at radius 1 is 1.20 bits per heavy atom. The molecule has 0 saturated heterocycles. The molecule has 5 heteroatoms. The van der Waals surface area contributed by atoms with Crippen LogP contribution in [-0.4, -0.2) is 21.3 Å². The van der Waals surface area contributed by atoms with Gasteiger partial charge in [-0.05, 0) is 39.0 Å². The van der Waals surface area contributed by atoms with Crippen molar-refractivity contribution in [1.29, 1.82) is 0 Å². The second-order valence-corrected chi connectivity index (χ2v) is 4.77. The SMILES string of the molecule is CCNc1nnc(-c2cc3cc(C)ccc3o2)n1CC. The zero-order valence-electron chi connectivity index (χ0n) is 12.0. The Labute approximate surface area is 117 Å². The largest absolute Gasteiger partial charge is 0.453 e. The summed E-state index contributed by atoms with van der Waals surface area (Å²) in [7, 11) is 0. The number of benzene rings is 1. The summed E-state index contributed by atoms with van der Waals surface area (Å²) in [5.41, 5.74) is 2.09. The number of aromatic nitrogens is 3. The predicted octanol–water partition coefficient (Wildman–Crippen LogP) is 3.45. The zero-order valence-corrected chi connectivity index (χ0v) is 12.0.